The van der Waals surface area contributed by atoms with Gasteiger partial charge < -0.3 is 30.0 Å². The first kappa shape index (κ1) is 33.0. The summed E-state index contributed by atoms with van der Waals surface area (Å²) in [6.07, 6.45) is 0.887. The zero-order valence-electron chi connectivity index (χ0n) is 26.3. The molecule has 2 fully saturated rings. The van der Waals surface area contributed by atoms with E-state index in [1.807, 2.05) is 37.4 Å². The maximum Gasteiger partial charge on any atom is 0.421 e. The molecule has 2 atom stereocenters. The molecule has 1 saturated carbocycles. The van der Waals surface area contributed by atoms with Gasteiger partial charge >= 0.3 is 6.18 Å². The first-order chi connectivity index (χ1) is 22.2. The van der Waals surface area contributed by atoms with E-state index in [1.54, 1.807) is 23.1 Å². The number of likely N-dealkylation sites (N-methyl/N-ethyl adjacent to an activating group) is 1. The minimum Gasteiger partial charge on any atom is -0.495 e. The number of carbonyl (C=O) groups excluding carboxylic acids is 1. The highest BCUT2D eigenvalue weighted by atomic mass is 19.4. The summed E-state index contributed by atoms with van der Waals surface area (Å²) in [6, 6.07) is 13.7. The summed E-state index contributed by atoms with van der Waals surface area (Å²) in [5.74, 6) is -0.225. The molecule has 1 saturated heterocycles. The number of oxime groups is 1. The van der Waals surface area contributed by atoms with Gasteiger partial charge in [-0.05, 0) is 69.5 Å². The Labute approximate surface area is 267 Å². The van der Waals surface area contributed by atoms with Crippen LogP contribution in [0.2, 0.25) is 0 Å². The van der Waals surface area contributed by atoms with Crippen molar-refractivity contribution in [3.05, 3.63) is 71.4 Å². The number of ether oxygens (including phenoxy) is 1. The summed E-state index contributed by atoms with van der Waals surface area (Å²) in [5, 5.41) is 10.3. The Morgan fingerprint density at radius 1 is 1.11 bits per heavy atom. The van der Waals surface area contributed by atoms with Gasteiger partial charge in [0, 0.05) is 30.9 Å². The fourth-order valence-corrected chi connectivity index (χ4v) is 6.11. The molecule has 5 rings (SSSR count). The number of rotatable bonds is 10. The summed E-state index contributed by atoms with van der Waals surface area (Å²) in [4.78, 5) is 30.5. The Bertz CT molecular complexity index is 1520. The lowest BCUT2D eigenvalue weighted by Crippen LogP contribution is -2.46. The monoisotopic (exact) mass is 639 g/mol. The molecule has 1 aliphatic heterocycles. The molecule has 2 heterocycles. The van der Waals surface area contributed by atoms with Crippen LogP contribution in [0.1, 0.15) is 60.0 Å². The average Bonchev–Trinajstić information content (AvgIpc) is 3.04. The van der Waals surface area contributed by atoms with E-state index < -0.39 is 17.8 Å². The highest BCUT2D eigenvalue weighted by Crippen LogP contribution is 2.39. The number of benzene rings is 2. The summed E-state index contributed by atoms with van der Waals surface area (Å²) >= 11 is 0. The zero-order chi connectivity index (χ0) is 32.7. The molecule has 1 aromatic heterocycles. The van der Waals surface area contributed by atoms with Crippen LogP contribution >= 0.6 is 0 Å². The second kappa shape index (κ2) is 14.8. The minimum absolute atomic E-state index is 0.0476. The summed E-state index contributed by atoms with van der Waals surface area (Å²) < 4.78 is 49.1. The Hall–Kier alpha value is -4.39. The van der Waals surface area contributed by atoms with Crippen molar-refractivity contribution in [2.45, 2.75) is 63.3 Å². The van der Waals surface area contributed by atoms with E-state index in [1.165, 1.54) is 14.2 Å². The molecule has 246 valence electrons. The maximum atomic E-state index is 14.5. The fourth-order valence-electron chi connectivity index (χ4n) is 6.11. The lowest BCUT2D eigenvalue weighted by Gasteiger charge is -2.37. The lowest BCUT2D eigenvalue weighted by molar-refractivity contribution is -0.137. The third-order valence-corrected chi connectivity index (χ3v) is 8.34. The van der Waals surface area contributed by atoms with Crippen LogP contribution in [-0.2, 0) is 17.6 Å². The van der Waals surface area contributed by atoms with Crippen molar-refractivity contribution in [2.75, 3.05) is 44.6 Å². The Kier molecular flexibility index (Phi) is 10.6. The van der Waals surface area contributed by atoms with E-state index in [-0.39, 0.29) is 30.3 Å². The third-order valence-electron chi connectivity index (χ3n) is 8.34. The van der Waals surface area contributed by atoms with Crippen LogP contribution in [0.15, 0.2) is 59.9 Å². The molecule has 1 amide bonds. The number of carbonyl (C=O) groups is 1. The number of methoxy groups -OCH3 is 1. The standard InChI is InChI=1S/C33H40F3N7O3/c1-42-17-9-12-24(21-42)38-31(44)23-15-16-27(29(18-23)45-2)39-32-37-19-25(33(34,35)36)30(40-32)43(20-22-10-5-4-6-11-22)28-14-8-7-13-26(28)41-46-3/h4-6,10-11,15-16,18-19,24,28H,7-9,12-14,17,20-21H2,1-3H3,(H,38,44)(H,37,39,40)/t24?,28-/m1/s1. The van der Waals surface area contributed by atoms with Crippen molar-refractivity contribution >= 4 is 29.1 Å². The van der Waals surface area contributed by atoms with Crippen molar-refractivity contribution in [3.63, 3.8) is 0 Å². The van der Waals surface area contributed by atoms with E-state index in [9.17, 15) is 18.0 Å². The molecule has 0 radical (unpaired) electrons. The number of halogens is 3. The normalized spacial score (nSPS) is 19.8. The fraction of sp³-hybridized carbons (Fsp3) is 0.455. The largest absolute Gasteiger partial charge is 0.495 e. The van der Waals surface area contributed by atoms with Gasteiger partial charge in [-0.15, -0.1) is 0 Å². The van der Waals surface area contributed by atoms with E-state index >= 15 is 0 Å². The van der Waals surface area contributed by atoms with Crippen molar-refractivity contribution < 1.29 is 27.5 Å². The van der Waals surface area contributed by atoms with Crippen LogP contribution in [0.4, 0.5) is 30.6 Å². The third kappa shape index (κ3) is 8.06. The summed E-state index contributed by atoms with van der Waals surface area (Å²) in [7, 11) is 4.92. The first-order valence-electron chi connectivity index (χ1n) is 15.5. The number of alkyl halides is 3. The molecule has 1 aliphatic carbocycles. The number of likely N-dealkylation sites (tertiary alicyclic amines) is 1. The Morgan fingerprint density at radius 2 is 1.91 bits per heavy atom. The van der Waals surface area contributed by atoms with Crippen molar-refractivity contribution in [3.8, 4) is 5.75 Å². The number of piperidine rings is 1. The Balaban J connectivity index is 1.48. The van der Waals surface area contributed by atoms with E-state index in [0.717, 1.165) is 50.5 Å². The van der Waals surface area contributed by atoms with Gasteiger partial charge in [0.1, 0.15) is 24.2 Å². The van der Waals surface area contributed by atoms with Crippen LogP contribution < -0.4 is 20.3 Å². The van der Waals surface area contributed by atoms with Crippen LogP contribution in [-0.4, -0.2) is 72.9 Å². The van der Waals surface area contributed by atoms with Gasteiger partial charge in [-0.1, -0.05) is 41.9 Å². The maximum absolute atomic E-state index is 14.5. The van der Waals surface area contributed by atoms with Gasteiger partial charge in [0.15, 0.2) is 0 Å². The summed E-state index contributed by atoms with van der Waals surface area (Å²) in [5.41, 5.74) is 1.34. The van der Waals surface area contributed by atoms with Gasteiger partial charge in [-0.2, -0.15) is 18.2 Å². The van der Waals surface area contributed by atoms with E-state index in [0.29, 0.717) is 35.6 Å². The Morgan fingerprint density at radius 3 is 2.63 bits per heavy atom. The smallest absolute Gasteiger partial charge is 0.421 e. The number of nitrogens with zero attached hydrogens (tertiary/aromatic N) is 5. The molecule has 3 aromatic rings. The highest BCUT2D eigenvalue weighted by Gasteiger charge is 2.40. The average molecular weight is 640 g/mol. The van der Waals surface area contributed by atoms with E-state index in [4.69, 9.17) is 9.57 Å². The first-order valence-corrected chi connectivity index (χ1v) is 15.5. The minimum atomic E-state index is -4.71. The molecular formula is C33H40F3N7O3. The van der Waals surface area contributed by atoms with Crippen LogP contribution in [0.25, 0.3) is 0 Å². The zero-order valence-corrected chi connectivity index (χ0v) is 26.3. The van der Waals surface area contributed by atoms with Gasteiger partial charge in [-0.3, -0.25) is 4.79 Å². The topological polar surface area (TPSA) is 104 Å². The van der Waals surface area contributed by atoms with Crippen LogP contribution in [0.3, 0.4) is 0 Å². The molecule has 46 heavy (non-hydrogen) atoms. The number of anilines is 3. The molecular weight excluding hydrogens is 599 g/mol. The molecule has 0 bridgehead atoms. The lowest BCUT2D eigenvalue weighted by atomic mass is 9.91. The molecule has 13 heteroatoms. The molecule has 10 nitrogen and oxygen atoms in total. The molecule has 2 N–H and O–H groups in total. The van der Waals surface area contributed by atoms with Gasteiger partial charge in [0.2, 0.25) is 5.95 Å². The second-order valence-corrected chi connectivity index (χ2v) is 11.7. The summed E-state index contributed by atoms with van der Waals surface area (Å²) in [6.45, 7) is 1.94. The van der Waals surface area contributed by atoms with Gasteiger partial charge in [0.25, 0.3) is 5.91 Å². The van der Waals surface area contributed by atoms with Crippen LogP contribution in [0, 0.1) is 0 Å². The van der Waals surface area contributed by atoms with Crippen molar-refractivity contribution in [1.82, 2.24) is 20.2 Å². The predicted octanol–water partition coefficient (Wildman–Crippen LogP) is 6.02. The number of hydrogen-bond donors (Lipinski definition) is 2. The second-order valence-electron chi connectivity index (χ2n) is 11.7. The molecule has 1 unspecified atom stereocenters. The molecule has 0 spiro atoms. The number of aromatic nitrogens is 2. The molecule has 2 aliphatic rings. The highest BCUT2D eigenvalue weighted by molar-refractivity contribution is 5.95. The van der Waals surface area contributed by atoms with Crippen molar-refractivity contribution in [1.29, 1.82) is 0 Å². The van der Waals surface area contributed by atoms with Gasteiger partial charge in [0.05, 0.1) is 24.6 Å². The predicted molar refractivity (Wildman–Crippen MR) is 171 cm³/mol. The molecule has 2 aromatic carbocycles. The number of amides is 1. The van der Waals surface area contributed by atoms with E-state index in [2.05, 4.69) is 30.7 Å². The van der Waals surface area contributed by atoms with Crippen LogP contribution in [0.5, 0.6) is 5.75 Å². The number of nitrogens with one attached hydrogen (secondary N) is 2. The number of hydrogen-bond acceptors (Lipinski definition) is 9. The van der Waals surface area contributed by atoms with Gasteiger partial charge in [-0.25, -0.2) is 4.98 Å². The SMILES string of the molecule is CON=C1CCCC[C@H]1N(Cc1ccccc1)c1nc(Nc2ccc(C(=O)NC3CCCN(C)C3)cc2OC)ncc1C(F)(F)F. The quantitative estimate of drug-likeness (QED) is 0.260. The van der Waals surface area contributed by atoms with Crippen molar-refractivity contribution in [2.24, 2.45) is 5.16 Å².